The maximum atomic E-state index is 3.10. The fourth-order valence-electron chi connectivity index (χ4n) is 2.69. The molecule has 2 atom stereocenters. The summed E-state index contributed by atoms with van der Waals surface area (Å²) in [6.45, 7) is 13.8. The van der Waals surface area contributed by atoms with Crippen LogP contribution in [0, 0.1) is 11.8 Å². The summed E-state index contributed by atoms with van der Waals surface area (Å²) in [7, 11) is 1.96. The lowest BCUT2D eigenvalue weighted by atomic mass is 10.0. The summed E-state index contributed by atoms with van der Waals surface area (Å²) in [5.74, 6) is 2.13. The van der Waals surface area contributed by atoms with Gasteiger partial charge in [0, 0.05) is 24.7 Å². The second-order valence-electron chi connectivity index (χ2n) is 7.00. The zero-order valence-electron chi connectivity index (χ0n) is 12.7. The Morgan fingerprint density at radius 2 is 1.47 bits per heavy atom. The van der Waals surface area contributed by atoms with Crippen LogP contribution in [-0.4, -0.2) is 36.6 Å². The van der Waals surface area contributed by atoms with E-state index in [-0.39, 0.29) is 0 Å². The highest BCUT2D eigenvalue weighted by Gasteiger charge is 2.36. The van der Waals surface area contributed by atoms with Crippen LogP contribution < -0.4 is 5.32 Å². The Labute approximate surface area is 108 Å². The molecule has 0 spiro atoms. The largest absolute Gasteiger partial charge is 0.315 e. The van der Waals surface area contributed by atoms with Gasteiger partial charge >= 0.3 is 0 Å². The molecule has 2 unspecified atom stereocenters. The molecule has 1 N–H and O–H groups in total. The number of rotatable bonds is 1. The molecule has 1 saturated heterocycles. The van der Waals surface area contributed by atoms with Crippen molar-refractivity contribution in [1.82, 2.24) is 10.2 Å². The minimum Gasteiger partial charge on any atom is -0.315 e. The van der Waals surface area contributed by atoms with Crippen molar-refractivity contribution in [1.29, 1.82) is 0 Å². The molecule has 0 aromatic heterocycles. The van der Waals surface area contributed by atoms with Gasteiger partial charge in [-0.25, -0.2) is 0 Å². The van der Waals surface area contributed by atoms with Gasteiger partial charge in [-0.15, -0.1) is 0 Å². The van der Waals surface area contributed by atoms with Gasteiger partial charge in [0.15, 0.2) is 0 Å². The van der Waals surface area contributed by atoms with Gasteiger partial charge in [-0.3, -0.25) is 0 Å². The number of likely N-dealkylation sites (tertiary alicyclic amines) is 1. The first-order valence-corrected chi connectivity index (χ1v) is 7.26. The average molecular weight is 240 g/mol. The fourth-order valence-corrected chi connectivity index (χ4v) is 2.69. The third kappa shape index (κ3) is 4.97. The molecule has 0 aromatic rings. The monoisotopic (exact) mass is 240 g/mol. The summed E-state index contributed by atoms with van der Waals surface area (Å²) in [6.07, 6.45) is 4.52. The molecule has 2 nitrogen and oxygen atoms in total. The van der Waals surface area contributed by atoms with Crippen LogP contribution in [0.25, 0.3) is 0 Å². The van der Waals surface area contributed by atoms with Gasteiger partial charge in [0.25, 0.3) is 0 Å². The van der Waals surface area contributed by atoms with Gasteiger partial charge in [0.1, 0.15) is 0 Å². The van der Waals surface area contributed by atoms with Crippen LogP contribution in [0.5, 0.6) is 0 Å². The normalized spacial score (nSPS) is 29.1. The predicted octanol–water partition coefficient (Wildman–Crippen LogP) is 3.13. The molecule has 1 saturated carbocycles. The van der Waals surface area contributed by atoms with Gasteiger partial charge in [0.2, 0.25) is 0 Å². The van der Waals surface area contributed by atoms with Gasteiger partial charge in [-0.05, 0) is 66.3 Å². The molecule has 1 heterocycles. The molecule has 0 amide bonds. The Morgan fingerprint density at radius 3 is 1.76 bits per heavy atom. The van der Waals surface area contributed by atoms with Gasteiger partial charge < -0.3 is 10.2 Å². The van der Waals surface area contributed by atoms with E-state index in [0.29, 0.717) is 5.54 Å². The van der Waals surface area contributed by atoms with Gasteiger partial charge in [-0.2, -0.15) is 0 Å². The molecular formula is C15H32N2. The number of hydrogen-bond donors (Lipinski definition) is 1. The van der Waals surface area contributed by atoms with Crippen LogP contribution >= 0.6 is 0 Å². The Hall–Kier alpha value is -0.0800. The highest BCUT2D eigenvalue weighted by molar-refractivity contribution is 4.89. The summed E-state index contributed by atoms with van der Waals surface area (Å²) in [6, 6.07) is 0.778. The molecule has 2 rings (SSSR count). The van der Waals surface area contributed by atoms with E-state index in [9.17, 15) is 0 Å². The molecule has 0 radical (unpaired) electrons. The lowest BCUT2D eigenvalue weighted by Crippen LogP contribution is -2.31. The van der Waals surface area contributed by atoms with Crippen molar-refractivity contribution in [3.63, 3.8) is 0 Å². The van der Waals surface area contributed by atoms with Crippen LogP contribution in [0.4, 0.5) is 0 Å². The third-order valence-corrected chi connectivity index (χ3v) is 4.23. The van der Waals surface area contributed by atoms with Crippen LogP contribution in [0.15, 0.2) is 0 Å². The van der Waals surface area contributed by atoms with E-state index >= 15 is 0 Å². The zero-order chi connectivity index (χ0) is 13.1. The van der Waals surface area contributed by atoms with Gasteiger partial charge in [-0.1, -0.05) is 6.42 Å². The first-order valence-electron chi connectivity index (χ1n) is 7.26. The first-order chi connectivity index (χ1) is 7.83. The molecule has 1 aliphatic heterocycles. The standard InChI is InChI=1S/C10H19N.C5H13N/c1-8(2)11-6-9-4-3-5-10(9)7-11;1-5(2,3)6-4/h8-10H,3-7H2,1-2H3;6H,1-4H3. The number of nitrogens with zero attached hydrogens (tertiary/aromatic N) is 1. The summed E-state index contributed by atoms with van der Waals surface area (Å²) < 4.78 is 0. The lowest BCUT2D eigenvalue weighted by Gasteiger charge is -2.20. The molecule has 102 valence electrons. The van der Waals surface area contributed by atoms with E-state index in [4.69, 9.17) is 0 Å². The van der Waals surface area contributed by atoms with E-state index in [0.717, 1.165) is 17.9 Å². The van der Waals surface area contributed by atoms with E-state index in [1.807, 2.05) is 7.05 Å². The predicted molar refractivity (Wildman–Crippen MR) is 76.4 cm³/mol. The summed E-state index contributed by atoms with van der Waals surface area (Å²) in [5.41, 5.74) is 0.292. The number of nitrogens with one attached hydrogen (secondary N) is 1. The Balaban J connectivity index is 0.000000209. The maximum absolute atomic E-state index is 3.10. The molecule has 0 bridgehead atoms. The fraction of sp³-hybridized carbons (Fsp3) is 1.00. The van der Waals surface area contributed by atoms with Crippen LogP contribution in [0.3, 0.4) is 0 Å². The Morgan fingerprint density at radius 1 is 1.06 bits per heavy atom. The topological polar surface area (TPSA) is 15.3 Å². The van der Waals surface area contributed by atoms with Crippen LogP contribution in [-0.2, 0) is 0 Å². The third-order valence-electron chi connectivity index (χ3n) is 4.23. The molecule has 17 heavy (non-hydrogen) atoms. The quantitative estimate of drug-likeness (QED) is 0.757. The molecule has 0 aromatic carbocycles. The van der Waals surface area contributed by atoms with E-state index in [1.54, 1.807) is 0 Å². The van der Waals surface area contributed by atoms with Crippen LogP contribution in [0.2, 0.25) is 0 Å². The summed E-state index contributed by atoms with van der Waals surface area (Å²) in [4.78, 5) is 2.65. The van der Waals surface area contributed by atoms with Crippen molar-refractivity contribution in [2.45, 2.75) is 65.5 Å². The smallest absolute Gasteiger partial charge is 0.00935 e. The zero-order valence-corrected chi connectivity index (χ0v) is 12.7. The molecule has 2 aliphatic rings. The highest BCUT2D eigenvalue weighted by Crippen LogP contribution is 2.38. The number of fused-ring (bicyclic) bond motifs is 1. The SMILES string of the molecule is CC(C)N1CC2CCCC2C1.CNC(C)(C)C. The lowest BCUT2D eigenvalue weighted by molar-refractivity contribution is 0.254. The minimum atomic E-state index is 0.292. The van der Waals surface area contributed by atoms with Crippen molar-refractivity contribution in [3.8, 4) is 0 Å². The molecule has 2 heteroatoms. The van der Waals surface area contributed by atoms with Gasteiger partial charge in [0.05, 0.1) is 0 Å². The second kappa shape index (κ2) is 6.19. The van der Waals surface area contributed by atoms with Crippen molar-refractivity contribution in [3.05, 3.63) is 0 Å². The van der Waals surface area contributed by atoms with E-state index in [2.05, 4.69) is 44.8 Å². The van der Waals surface area contributed by atoms with E-state index < -0.39 is 0 Å². The average Bonchev–Trinajstić information content (AvgIpc) is 2.76. The minimum absolute atomic E-state index is 0.292. The maximum Gasteiger partial charge on any atom is 0.00935 e. The molecule has 1 aliphatic carbocycles. The Bertz CT molecular complexity index is 205. The molecular weight excluding hydrogens is 208 g/mol. The molecule has 2 fully saturated rings. The van der Waals surface area contributed by atoms with Crippen molar-refractivity contribution in [2.24, 2.45) is 11.8 Å². The van der Waals surface area contributed by atoms with E-state index in [1.165, 1.54) is 32.4 Å². The van der Waals surface area contributed by atoms with Crippen molar-refractivity contribution in [2.75, 3.05) is 20.1 Å². The second-order valence-corrected chi connectivity index (χ2v) is 7.00. The van der Waals surface area contributed by atoms with Crippen molar-refractivity contribution < 1.29 is 0 Å². The highest BCUT2D eigenvalue weighted by atomic mass is 15.2. The summed E-state index contributed by atoms with van der Waals surface area (Å²) >= 11 is 0. The summed E-state index contributed by atoms with van der Waals surface area (Å²) in [5, 5.41) is 3.10. The first kappa shape index (κ1) is 15.0. The van der Waals surface area contributed by atoms with Crippen LogP contribution in [0.1, 0.15) is 53.9 Å². The number of hydrogen-bond acceptors (Lipinski definition) is 2. The van der Waals surface area contributed by atoms with Crippen molar-refractivity contribution >= 4 is 0 Å². The Kier molecular flexibility index (Phi) is 5.46.